The van der Waals surface area contributed by atoms with Crippen molar-refractivity contribution in [2.24, 2.45) is 5.92 Å². The van der Waals surface area contributed by atoms with Crippen LogP contribution in [0.1, 0.15) is 32.2 Å². The Morgan fingerprint density at radius 3 is 2.90 bits per heavy atom. The van der Waals surface area contributed by atoms with Crippen molar-refractivity contribution in [1.29, 1.82) is 0 Å². The van der Waals surface area contributed by atoms with Gasteiger partial charge in [0, 0.05) is 25.5 Å². The lowest BCUT2D eigenvalue weighted by molar-refractivity contribution is -0.187. The number of amides is 1. The van der Waals surface area contributed by atoms with Gasteiger partial charge in [-0.05, 0) is 18.8 Å². The molecular weight excluding hydrogens is 270 g/mol. The molecule has 6 heteroatoms. The normalized spacial score (nSPS) is 27.8. The van der Waals surface area contributed by atoms with E-state index in [0.29, 0.717) is 31.6 Å². The lowest BCUT2D eigenvalue weighted by atomic mass is 9.93. The molecule has 0 unspecified atom stereocenters. The zero-order chi connectivity index (χ0) is 14.7. The maximum absolute atomic E-state index is 12.4. The van der Waals surface area contributed by atoms with Gasteiger partial charge in [0.05, 0.1) is 32.0 Å². The van der Waals surface area contributed by atoms with E-state index in [4.69, 9.17) is 9.47 Å². The van der Waals surface area contributed by atoms with E-state index in [1.165, 1.54) is 0 Å². The van der Waals surface area contributed by atoms with Crippen LogP contribution in [-0.4, -0.2) is 53.0 Å². The molecule has 1 aromatic rings. The van der Waals surface area contributed by atoms with E-state index >= 15 is 0 Å². The molecule has 0 saturated carbocycles. The molecule has 0 bridgehead atoms. The van der Waals surface area contributed by atoms with Gasteiger partial charge in [0.2, 0.25) is 5.91 Å². The topological polar surface area (TPSA) is 56.6 Å². The number of hydrogen-bond acceptors (Lipinski definition) is 4. The number of piperidine rings is 1. The lowest BCUT2D eigenvalue weighted by Gasteiger charge is -2.38. The summed E-state index contributed by atoms with van der Waals surface area (Å²) in [6, 6.07) is 0.304. The summed E-state index contributed by atoms with van der Waals surface area (Å²) in [6.07, 6.45) is 7.49. The first-order valence-electron chi connectivity index (χ1n) is 7.72. The molecule has 1 amide bonds. The number of rotatable bonds is 3. The Hall–Kier alpha value is -1.40. The van der Waals surface area contributed by atoms with E-state index in [1.54, 1.807) is 6.20 Å². The summed E-state index contributed by atoms with van der Waals surface area (Å²) in [5, 5.41) is 0. The SMILES string of the molecule is C[C@@H]1CCN(C(=O)CC2OCCCO2)C[C@H]1n1ccnc1. The van der Waals surface area contributed by atoms with Crippen molar-refractivity contribution in [3.63, 3.8) is 0 Å². The summed E-state index contributed by atoms with van der Waals surface area (Å²) < 4.78 is 13.1. The number of carbonyl (C=O) groups is 1. The third-order valence-corrected chi connectivity index (χ3v) is 4.42. The van der Waals surface area contributed by atoms with Gasteiger partial charge in [-0.3, -0.25) is 4.79 Å². The summed E-state index contributed by atoms with van der Waals surface area (Å²) >= 11 is 0. The van der Waals surface area contributed by atoms with Gasteiger partial charge in [-0.15, -0.1) is 0 Å². The highest BCUT2D eigenvalue weighted by atomic mass is 16.7. The van der Waals surface area contributed by atoms with Gasteiger partial charge in [-0.1, -0.05) is 6.92 Å². The number of ether oxygens (including phenoxy) is 2. The average Bonchev–Trinajstić information content (AvgIpc) is 3.03. The van der Waals surface area contributed by atoms with Crippen LogP contribution in [0.4, 0.5) is 0 Å². The quantitative estimate of drug-likeness (QED) is 0.846. The van der Waals surface area contributed by atoms with Crippen LogP contribution in [0.5, 0.6) is 0 Å². The Balaban J connectivity index is 1.59. The van der Waals surface area contributed by atoms with Crippen LogP contribution in [-0.2, 0) is 14.3 Å². The summed E-state index contributed by atoms with van der Waals surface area (Å²) in [7, 11) is 0. The highest BCUT2D eigenvalue weighted by molar-refractivity contribution is 5.76. The molecule has 0 N–H and O–H groups in total. The molecule has 2 aliphatic rings. The third kappa shape index (κ3) is 3.44. The van der Waals surface area contributed by atoms with Crippen LogP contribution >= 0.6 is 0 Å². The molecule has 3 heterocycles. The second kappa shape index (κ2) is 6.58. The Morgan fingerprint density at radius 1 is 1.38 bits per heavy atom. The van der Waals surface area contributed by atoms with Crippen molar-refractivity contribution in [3.8, 4) is 0 Å². The molecule has 2 aliphatic heterocycles. The van der Waals surface area contributed by atoms with E-state index in [9.17, 15) is 4.79 Å². The second-order valence-corrected chi connectivity index (χ2v) is 5.91. The fraction of sp³-hybridized carbons (Fsp3) is 0.733. The van der Waals surface area contributed by atoms with Crippen molar-refractivity contribution >= 4 is 5.91 Å². The maximum atomic E-state index is 12.4. The molecule has 0 aliphatic carbocycles. The predicted molar refractivity (Wildman–Crippen MR) is 76.6 cm³/mol. The summed E-state index contributed by atoms with van der Waals surface area (Å²) in [6.45, 7) is 5.17. The largest absolute Gasteiger partial charge is 0.352 e. The van der Waals surface area contributed by atoms with Crippen molar-refractivity contribution < 1.29 is 14.3 Å². The van der Waals surface area contributed by atoms with E-state index in [0.717, 1.165) is 25.9 Å². The Bertz CT molecular complexity index is 457. The van der Waals surface area contributed by atoms with Crippen molar-refractivity contribution in [1.82, 2.24) is 14.5 Å². The van der Waals surface area contributed by atoms with Gasteiger partial charge in [-0.2, -0.15) is 0 Å². The molecule has 3 rings (SSSR count). The number of nitrogens with zero attached hydrogens (tertiary/aromatic N) is 3. The minimum absolute atomic E-state index is 0.124. The average molecular weight is 293 g/mol. The zero-order valence-corrected chi connectivity index (χ0v) is 12.5. The lowest BCUT2D eigenvalue weighted by Crippen LogP contribution is -2.45. The first kappa shape index (κ1) is 14.5. The number of likely N-dealkylation sites (tertiary alicyclic amines) is 1. The van der Waals surface area contributed by atoms with E-state index < -0.39 is 0 Å². The van der Waals surface area contributed by atoms with Gasteiger partial charge >= 0.3 is 0 Å². The van der Waals surface area contributed by atoms with E-state index in [1.807, 2.05) is 17.4 Å². The monoisotopic (exact) mass is 293 g/mol. The molecule has 0 aromatic carbocycles. The van der Waals surface area contributed by atoms with Crippen molar-refractivity contribution in [3.05, 3.63) is 18.7 Å². The Kier molecular flexibility index (Phi) is 4.55. The van der Waals surface area contributed by atoms with Gasteiger partial charge in [0.1, 0.15) is 0 Å². The second-order valence-electron chi connectivity index (χ2n) is 5.91. The van der Waals surface area contributed by atoms with Crippen LogP contribution < -0.4 is 0 Å². The summed E-state index contributed by atoms with van der Waals surface area (Å²) in [5.74, 6) is 0.671. The maximum Gasteiger partial charge on any atom is 0.227 e. The molecule has 2 fully saturated rings. The first-order chi connectivity index (χ1) is 10.2. The zero-order valence-electron chi connectivity index (χ0n) is 12.5. The van der Waals surface area contributed by atoms with Gasteiger partial charge in [0.25, 0.3) is 0 Å². The van der Waals surface area contributed by atoms with Crippen LogP contribution in [0, 0.1) is 5.92 Å². The number of hydrogen-bond donors (Lipinski definition) is 0. The summed E-state index contributed by atoms with van der Waals surface area (Å²) in [5.41, 5.74) is 0. The standard InChI is InChI=1S/C15H23N3O3/c1-12-3-5-17(10-13(12)18-6-4-16-11-18)14(19)9-15-20-7-2-8-21-15/h4,6,11-13,15H,2-3,5,7-10H2,1H3/t12-,13-/m1/s1. The van der Waals surface area contributed by atoms with Crippen molar-refractivity contribution in [2.45, 2.75) is 38.5 Å². The Morgan fingerprint density at radius 2 is 2.19 bits per heavy atom. The van der Waals surface area contributed by atoms with Crippen LogP contribution in [0.3, 0.4) is 0 Å². The molecule has 6 nitrogen and oxygen atoms in total. The number of imidazole rings is 1. The smallest absolute Gasteiger partial charge is 0.227 e. The minimum Gasteiger partial charge on any atom is -0.352 e. The van der Waals surface area contributed by atoms with Gasteiger partial charge < -0.3 is 18.9 Å². The molecular formula is C15H23N3O3. The van der Waals surface area contributed by atoms with Crippen LogP contribution in [0.25, 0.3) is 0 Å². The summed E-state index contributed by atoms with van der Waals surface area (Å²) in [4.78, 5) is 18.5. The highest BCUT2D eigenvalue weighted by Crippen LogP contribution is 2.28. The Labute approximate surface area is 125 Å². The first-order valence-corrected chi connectivity index (χ1v) is 7.72. The fourth-order valence-corrected chi connectivity index (χ4v) is 3.06. The molecule has 0 radical (unpaired) electrons. The van der Waals surface area contributed by atoms with E-state index in [2.05, 4.69) is 16.5 Å². The van der Waals surface area contributed by atoms with Gasteiger partial charge in [-0.25, -0.2) is 4.98 Å². The molecule has 0 spiro atoms. The van der Waals surface area contributed by atoms with E-state index in [-0.39, 0.29) is 12.2 Å². The fourth-order valence-electron chi connectivity index (χ4n) is 3.06. The minimum atomic E-state index is -0.364. The van der Waals surface area contributed by atoms with Gasteiger partial charge in [0.15, 0.2) is 6.29 Å². The molecule has 2 atom stereocenters. The molecule has 2 saturated heterocycles. The third-order valence-electron chi connectivity index (χ3n) is 4.42. The molecule has 116 valence electrons. The molecule has 21 heavy (non-hydrogen) atoms. The predicted octanol–water partition coefficient (Wildman–Crippen LogP) is 1.45. The molecule has 1 aromatic heterocycles. The highest BCUT2D eigenvalue weighted by Gasteiger charge is 2.31. The number of carbonyl (C=O) groups excluding carboxylic acids is 1. The van der Waals surface area contributed by atoms with Crippen LogP contribution in [0.15, 0.2) is 18.7 Å². The van der Waals surface area contributed by atoms with Crippen molar-refractivity contribution in [2.75, 3.05) is 26.3 Å². The van der Waals surface area contributed by atoms with Crippen LogP contribution in [0.2, 0.25) is 0 Å². The number of aromatic nitrogens is 2.